The summed E-state index contributed by atoms with van der Waals surface area (Å²) in [4.78, 5) is 0. The van der Waals surface area contributed by atoms with Gasteiger partial charge >= 0.3 is 55.4 Å². The van der Waals surface area contributed by atoms with Crippen LogP contribution in [0.25, 0.3) is 0 Å². The maximum Gasteiger partial charge on any atom is -0.147 e. The van der Waals surface area contributed by atoms with Crippen molar-refractivity contribution in [3.8, 4) is 0 Å². The molecular weight excluding hydrogens is 215 g/mol. The molecule has 0 spiro atoms. The first-order valence-electron chi connectivity index (χ1n) is 3.38. The van der Waals surface area contributed by atoms with Crippen LogP contribution >= 0.6 is 24.8 Å². The van der Waals surface area contributed by atoms with Gasteiger partial charge in [0, 0.05) is 0 Å². The van der Waals surface area contributed by atoms with Crippen LogP contribution in [-0.2, 0) is 20.4 Å². The van der Waals surface area contributed by atoms with E-state index in [1.165, 1.54) is 15.9 Å². The minimum atomic E-state index is 0. The first-order valence-corrected chi connectivity index (χ1v) is 4.16. The first-order chi connectivity index (χ1) is 4.29. The molecule has 0 aliphatic heterocycles. The van der Waals surface area contributed by atoms with Gasteiger partial charge in [0.1, 0.15) is 0 Å². The second-order valence-corrected chi connectivity index (χ2v) is 2.82. The van der Waals surface area contributed by atoms with E-state index in [9.17, 15) is 0 Å². The van der Waals surface area contributed by atoms with Crippen molar-refractivity contribution in [1.82, 2.24) is 0 Å². The van der Waals surface area contributed by atoms with E-state index in [1.54, 1.807) is 0 Å². The van der Waals surface area contributed by atoms with Crippen molar-refractivity contribution in [2.24, 2.45) is 0 Å². The Hall–Kier alpha value is 0.774. The molecule has 0 aromatic heterocycles. The molecule has 0 radical (unpaired) electrons. The summed E-state index contributed by atoms with van der Waals surface area (Å²) >= 11 is 2.16. The van der Waals surface area contributed by atoms with Gasteiger partial charge in [0.05, 0.1) is 0 Å². The van der Waals surface area contributed by atoms with Crippen LogP contribution in [0.4, 0.5) is 0 Å². The van der Waals surface area contributed by atoms with Crippen LogP contribution in [0.5, 0.6) is 0 Å². The first kappa shape index (κ1) is 17.8. The standard InChI is InChI=1S/C6H7.C2H6.2ClH.Ti/c1-6-4-2-3-5-6;1-2;;;/h4-5H,2H2,1H3;1-2H3;2*1H;. The van der Waals surface area contributed by atoms with Gasteiger partial charge in [0.15, 0.2) is 0 Å². The summed E-state index contributed by atoms with van der Waals surface area (Å²) in [5, 5.41) is 0. The molecular formula is C8H15Cl2Ti. The van der Waals surface area contributed by atoms with E-state index in [-0.39, 0.29) is 24.8 Å². The summed E-state index contributed by atoms with van der Waals surface area (Å²) in [6.45, 7) is 6.14. The minimum absolute atomic E-state index is 0. The Morgan fingerprint density at radius 3 is 1.82 bits per heavy atom. The normalized spacial score (nSPS) is 12.5. The zero-order valence-electron chi connectivity index (χ0n) is 7.18. The molecule has 0 aromatic carbocycles. The molecule has 0 unspecified atom stereocenters. The SMILES string of the molecule is CC.CC1=CC[C]([Ti])=C1.Cl.Cl. The van der Waals surface area contributed by atoms with Gasteiger partial charge in [-0.1, -0.05) is 13.8 Å². The Kier molecular flexibility index (Phi) is 17.4. The van der Waals surface area contributed by atoms with Gasteiger partial charge in [-0.15, -0.1) is 24.8 Å². The number of hydrogen-bond donors (Lipinski definition) is 0. The van der Waals surface area contributed by atoms with E-state index in [4.69, 9.17) is 0 Å². The summed E-state index contributed by atoms with van der Waals surface area (Å²) in [6.07, 6.45) is 5.64. The van der Waals surface area contributed by atoms with Crippen molar-refractivity contribution in [2.75, 3.05) is 0 Å². The fourth-order valence-electron chi connectivity index (χ4n) is 0.664. The molecule has 0 amide bonds. The summed E-state index contributed by atoms with van der Waals surface area (Å²) in [7, 11) is 0. The molecule has 1 rings (SSSR count). The van der Waals surface area contributed by atoms with Crippen molar-refractivity contribution in [2.45, 2.75) is 27.2 Å². The zero-order chi connectivity index (χ0) is 7.28. The molecule has 0 bridgehead atoms. The van der Waals surface area contributed by atoms with E-state index in [0.29, 0.717) is 0 Å². The number of rotatable bonds is 0. The van der Waals surface area contributed by atoms with E-state index >= 15 is 0 Å². The number of hydrogen-bond acceptors (Lipinski definition) is 0. The quantitative estimate of drug-likeness (QED) is 0.557. The smallest absolute Gasteiger partial charge is 0.147 e. The summed E-state index contributed by atoms with van der Waals surface area (Å²) < 4.78 is 1.48. The molecule has 0 saturated heterocycles. The fraction of sp³-hybridized carbons (Fsp3) is 0.500. The molecule has 0 aromatic rings. The summed E-state index contributed by atoms with van der Waals surface area (Å²) in [5.41, 5.74) is 1.41. The van der Waals surface area contributed by atoms with Crippen molar-refractivity contribution in [1.29, 1.82) is 0 Å². The van der Waals surface area contributed by atoms with Crippen LogP contribution in [-0.4, -0.2) is 0 Å². The van der Waals surface area contributed by atoms with Crippen molar-refractivity contribution < 1.29 is 20.4 Å². The largest absolute Gasteiger partial charge is 0.147 e. The topological polar surface area (TPSA) is 0 Å². The molecule has 11 heavy (non-hydrogen) atoms. The molecule has 1 aliphatic carbocycles. The summed E-state index contributed by atoms with van der Waals surface area (Å²) in [6, 6.07) is 0. The average molecular weight is 230 g/mol. The van der Waals surface area contributed by atoms with Gasteiger partial charge in [-0.25, -0.2) is 0 Å². The molecule has 0 saturated carbocycles. The fourth-order valence-corrected chi connectivity index (χ4v) is 1.18. The molecule has 0 heterocycles. The molecule has 0 nitrogen and oxygen atoms in total. The maximum atomic E-state index is 2.25. The van der Waals surface area contributed by atoms with Crippen LogP contribution in [0.1, 0.15) is 27.2 Å². The van der Waals surface area contributed by atoms with Gasteiger partial charge in [-0.2, -0.15) is 0 Å². The van der Waals surface area contributed by atoms with Crippen LogP contribution in [0.3, 0.4) is 0 Å². The third-order valence-electron chi connectivity index (χ3n) is 1.05. The second kappa shape index (κ2) is 10.8. The number of halogens is 2. The van der Waals surface area contributed by atoms with E-state index < -0.39 is 0 Å². The Balaban J connectivity index is -0.000000149. The third kappa shape index (κ3) is 8.68. The molecule has 1 aliphatic rings. The Morgan fingerprint density at radius 2 is 1.73 bits per heavy atom. The van der Waals surface area contributed by atoms with Crippen LogP contribution in [0, 0.1) is 0 Å². The average Bonchev–Trinajstić information content (AvgIpc) is 2.20. The monoisotopic (exact) mass is 229 g/mol. The van der Waals surface area contributed by atoms with Crippen LogP contribution in [0.2, 0.25) is 0 Å². The van der Waals surface area contributed by atoms with Crippen molar-refractivity contribution >= 4 is 24.8 Å². The molecule has 0 fully saturated rings. The van der Waals surface area contributed by atoms with Crippen LogP contribution < -0.4 is 0 Å². The van der Waals surface area contributed by atoms with Crippen LogP contribution in [0.15, 0.2) is 21.6 Å². The molecule has 0 atom stereocenters. The van der Waals surface area contributed by atoms with Crippen molar-refractivity contribution in [3.05, 3.63) is 21.6 Å². The summed E-state index contributed by atoms with van der Waals surface area (Å²) in [5.74, 6) is 0. The molecule has 65 valence electrons. The molecule has 0 N–H and O–H groups in total. The Morgan fingerprint density at radius 1 is 1.27 bits per heavy atom. The second-order valence-electron chi connectivity index (χ2n) is 1.82. The van der Waals surface area contributed by atoms with Gasteiger partial charge in [-0.3, -0.25) is 0 Å². The molecule has 3 heteroatoms. The van der Waals surface area contributed by atoms with Crippen molar-refractivity contribution in [3.63, 3.8) is 0 Å². The van der Waals surface area contributed by atoms with E-state index in [1.807, 2.05) is 13.8 Å². The predicted octanol–water partition coefficient (Wildman–Crippen LogP) is 3.64. The third-order valence-corrected chi connectivity index (χ3v) is 1.59. The Bertz CT molecular complexity index is 139. The van der Waals surface area contributed by atoms with Gasteiger partial charge in [0.2, 0.25) is 0 Å². The van der Waals surface area contributed by atoms with Gasteiger partial charge in [-0.05, 0) is 0 Å². The number of allylic oxidation sites excluding steroid dienone is 4. The zero-order valence-corrected chi connectivity index (χ0v) is 10.4. The predicted molar refractivity (Wildman–Crippen MR) is 52.3 cm³/mol. The van der Waals surface area contributed by atoms with Gasteiger partial charge < -0.3 is 0 Å². The van der Waals surface area contributed by atoms with Gasteiger partial charge in [0.25, 0.3) is 0 Å². The minimum Gasteiger partial charge on any atom is -0.147 e. The maximum absolute atomic E-state index is 2.25. The van der Waals surface area contributed by atoms with E-state index in [2.05, 4.69) is 39.5 Å². The Labute approximate surface area is 93.7 Å². The van der Waals surface area contributed by atoms with E-state index in [0.717, 1.165) is 0 Å².